The van der Waals surface area contributed by atoms with Gasteiger partial charge in [-0.15, -0.1) is 0 Å². The minimum absolute atomic E-state index is 0.428. The normalized spacial score (nSPS) is 16.7. The van der Waals surface area contributed by atoms with Crippen LogP contribution in [0.4, 0.5) is 5.69 Å². The Balaban J connectivity index is 1.48. The molecule has 3 rings (SSSR count). The molecule has 0 aliphatic carbocycles. The molecule has 1 fully saturated rings. The van der Waals surface area contributed by atoms with Crippen molar-refractivity contribution in [2.75, 3.05) is 31.5 Å². The zero-order valence-corrected chi connectivity index (χ0v) is 20.5. The highest BCUT2D eigenvalue weighted by Gasteiger charge is 2.26. The van der Waals surface area contributed by atoms with Crippen LogP contribution in [-0.4, -0.2) is 52.1 Å². The van der Waals surface area contributed by atoms with E-state index in [1.807, 2.05) is 30.8 Å². The third kappa shape index (κ3) is 6.97. The number of hydrogen-bond acceptors (Lipinski definition) is 5. The zero-order valence-electron chi connectivity index (χ0n) is 19.7. The molecule has 1 atom stereocenters. The second-order valence-corrected chi connectivity index (χ2v) is 10.4. The number of nitrogens with zero attached hydrogens (tertiary/aromatic N) is 3. The van der Waals surface area contributed by atoms with Crippen molar-refractivity contribution in [1.29, 1.82) is 0 Å². The Morgan fingerprint density at radius 1 is 1.19 bits per heavy atom. The Hall–Kier alpha value is -1.54. The van der Waals surface area contributed by atoms with E-state index in [-0.39, 0.29) is 0 Å². The monoisotopic (exact) mass is 447 g/mol. The fourth-order valence-electron chi connectivity index (χ4n) is 3.96. The second kappa shape index (κ2) is 11.4. The minimum Gasteiger partial charge on any atom is -0.378 e. The molecule has 1 aromatic heterocycles. The quantitative estimate of drug-likeness (QED) is 0.416. The summed E-state index contributed by atoms with van der Waals surface area (Å²) in [5.41, 5.74) is 4.30. The molecule has 1 aliphatic heterocycles. The molecular weight excluding hydrogens is 408 g/mol. The SMILES string of the molecule is Cc1c(N[S+](O)c2ccc(CCCOC3CCN(C)CC3)cc2)c(CC(C)C)nn1C. The van der Waals surface area contributed by atoms with E-state index in [9.17, 15) is 4.55 Å². The number of benzene rings is 1. The van der Waals surface area contributed by atoms with E-state index in [1.54, 1.807) is 0 Å². The largest absolute Gasteiger partial charge is 0.378 e. The third-order valence-electron chi connectivity index (χ3n) is 5.98. The van der Waals surface area contributed by atoms with Crippen molar-refractivity contribution in [1.82, 2.24) is 14.7 Å². The molecule has 0 saturated carbocycles. The van der Waals surface area contributed by atoms with E-state index in [1.165, 1.54) is 5.56 Å². The number of rotatable bonds is 10. The van der Waals surface area contributed by atoms with Gasteiger partial charge >= 0.3 is 11.4 Å². The molecule has 2 heterocycles. The van der Waals surface area contributed by atoms with Crippen LogP contribution in [0.3, 0.4) is 0 Å². The summed E-state index contributed by atoms with van der Waals surface area (Å²) < 4.78 is 22.0. The molecule has 0 bridgehead atoms. The zero-order chi connectivity index (χ0) is 22.4. The third-order valence-corrected chi connectivity index (χ3v) is 7.10. The molecule has 0 radical (unpaired) electrons. The maximum Gasteiger partial charge on any atom is 0.303 e. The summed E-state index contributed by atoms with van der Waals surface area (Å²) in [6.07, 6.45) is 5.64. The molecule has 2 aromatic rings. The lowest BCUT2D eigenvalue weighted by Crippen LogP contribution is -2.34. The molecule has 0 amide bonds. The van der Waals surface area contributed by atoms with Crippen molar-refractivity contribution in [3.8, 4) is 0 Å². The molecule has 6 nitrogen and oxygen atoms in total. The highest BCUT2D eigenvalue weighted by Crippen LogP contribution is 2.26. The van der Waals surface area contributed by atoms with Gasteiger partial charge < -0.3 is 9.64 Å². The lowest BCUT2D eigenvalue weighted by atomic mass is 10.1. The molecule has 1 saturated heterocycles. The van der Waals surface area contributed by atoms with E-state index >= 15 is 0 Å². The van der Waals surface area contributed by atoms with Crippen LogP contribution in [0, 0.1) is 12.8 Å². The van der Waals surface area contributed by atoms with E-state index < -0.39 is 11.4 Å². The van der Waals surface area contributed by atoms with Crippen LogP contribution in [0.2, 0.25) is 0 Å². The maximum atomic E-state index is 10.8. The van der Waals surface area contributed by atoms with Crippen molar-refractivity contribution in [3.63, 3.8) is 0 Å². The Morgan fingerprint density at radius 2 is 1.87 bits per heavy atom. The van der Waals surface area contributed by atoms with E-state index in [0.29, 0.717) is 12.0 Å². The van der Waals surface area contributed by atoms with Crippen LogP contribution in [0.1, 0.15) is 50.1 Å². The van der Waals surface area contributed by atoms with Gasteiger partial charge in [-0.25, -0.2) is 0 Å². The van der Waals surface area contributed by atoms with E-state index in [2.05, 4.69) is 47.7 Å². The van der Waals surface area contributed by atoms with Crippen molar-refractivity contribution in [3.05, 3.63) is 41.2 Å². The van der Waals surface area contributed by atoms with Crippen LogP contribution in [0.15, 0.2) is 29.2 Å². The Bertz CT molecular complexity index is 814. The van der Waals surface area contributed by atoms with Gasteiger partial charge in [0.1, 0.15) is 5.69 Å². The summed E-state index contributed by atoms with van der Waals surface area (Å²) in [7, 11) is 4.13. The lowest BCUT2D eigenvalue weighted by molar-refractivity contribution is 0.0116. The molecule has 31 heavy (non-hydrogen) atoms. The van der Waals surface area contributed by atoms with Crippen LogP contribution < -0.4 is 4.72 Å². The summed E-state index contributed by atoms with van der Waals surface area (Å²) in [5.74, 6) is 0.512. The maximum absolute atomic E-state index is 10.8. The lowest BCUT2D eigenvalue weighted by Gasteiger charge is -2.28. The number of aromatic nitrogens is 2. The number of ether oxygens (including phenoxy) is 1. The smallest absolute Gasteiger partial charge is 0.303 e. The van der Waals surface area contributed by atoms with Crippen LogP contribution in [-0.2, 0) is 36.0 Å². The highest BCUT2D eigenvalue weighted by molar-refractivity contribution is 7.92. The molecular formula is C24H39N4O2S+. The summed E-state index contributed by atoms with van der Waals surface area (Å²) in [6.45, 7) is 9.50. The van der Waals surface area contributed by atoms with E-state index in [0.717, 1.165) is 73.8 Å². The molecule has 172 valence electrons. The minimum atomic E-state index is -1.06. The summed E-state index contributed by atoms with van der Waals surface area (Å²) >= 11 is -1.06. The van der Waals surface area contributed by atoms with Crippen molar-refractivity contribution < 1.29 is 9.29 Å². The van der Waals surface area contributed by atoms with Crippen LogP contribution in [0.5, 0.6) is 0 Å². The fourth-order valence-corrected chi connectivity index (χ4v) is 4.93. The van der Waals surface area contributed by atoms with Gasteiger partial charge in [-0.1, -0.05) is 26.0 Å². The summed E-state index contributed by atoms with van der Waals surface area (Å²) in [4.78, 5) is 3.26. The molecule has 0 spiro atoms. The van der Waals surface area contributed by atoms with Crippen molar-refractivity contribution in [2.24, 2.45) is 13.0 Å². The molecule has 7 heteroatoms. The summed E-state index contributed by atoms with van der Waals surface area (Å²) in [6, 6.07) is 8.29. The van der Waals surface area contributed by atoms with Crippen molar-refractivity contribution >= 4 is 17.0 Å². The number of hydrogen-bond donors (Lipinski definition) is 2. The summed E-state index contributed by atoms with van der Waals surface area (Å²) in [5, 5.41) is 4.62. The predicted octanol–water partition coefficient (Wildman–Crippen LogP) is 4.45. The number of piperidine rings is 1. The first-order valence-corrected chi connectivity index (χ1v) is 12.6. The number of nitrogens with one attached hydrogen (secondary N) is 1. The molecule has 1 unspecified atom stereocenters. The Labute approximate surface area is 190 Å². The van der Waals surface area contributed by atoms with Crippen LogP contribution >= 0.6 is 0 Å². The number of aryl methyl sites for hydroxylation is 2. The standard InChI is InChI=1S/C24H39N4O2S/c1-18(2)17-23-24(19(3)28(5)25-23)26-31(29)22-10-8-20(9-11-22)7-6-16-30-21-12-14-27(4)15-13-21/h8-11,18,21,26,29H,6-7,12-17H2,1-5H3/q+1. The second-order valence-electron chi connectivity index (χ2n) is 9.14. The Kier molecular flexibility index (Phi) is 8.84. The first-order valence-electron chi connectivity index (χ1n) is 11.4. The predicted molar refractivity (Wildman–Crippen MR) is 130 cm³/mol. The average molecular weight is 448 g/mol. The van der Waals surface area contributed by atoms with Gasteiger partial charge in [0.15, 0.2) is 0 Å². The molecule has 1 aromatic carbocycles. The fraction of sp³-hybridized carbons (Fsp3) is 0.625. The molecule has 2 N–H and O–H groups in total. The van der Waals surface area contributed by atoms with Gasteiger partial charge in [0.2, 0.25) is 4.90 Å². The van der Waals surface area contributed by atoms with Gasteiger partial charge in [0, 0.05) is 26.7 Å². The number of likely N-dealkylation sites (tertiary alicyclic amines) is 1. The number of anilines is 1. The van der Waals surface area contributed by atoms with Gasteiger partial charge in [0.25, 0.3) is 0 Å². The van der Waals surface area contributed by atoms with Gasteiger partial charge in [-0.2, -0.15) is 14.4 Å². The molecule has 1 aliphatic rings. The van der Waals surface area contributed by atoms with Gasteiger partial charge in [-0.05, 0) is 69.7 Å². The van der Waals surface area contributed by atoms with E-state index in [4.69, 9.17) is 4.74 Å². The first kappa shape index (κ1) is 24.1. The van der Waals surface area contributed by atoms with Crippen LogP contribution in [0.25, 0.3) is 0 Å². The first-order chi connectivity index (χ1) is 14.8. The highest BCUT2D eigenvalue weighted by atomic mass is 32.2. The Morgan fingerprint density at radius 3 is 2.52 bits per heavy atom. The van der Waals surface area contributed by atoms with Gasteiger partial charge in [0.05, 0.1) is 17.5 Å². The van der Waals surface area contributed by atoms with Gasteiger partial charge in [-0.3, -0.25) is 4.68 Å². The average Bonchev–Trinajstić information content (AvgIpc) is 2.99. The topological polar surface area (TPSA) is 62.5 Å². The van der Waals surface area contributed by atoms with Crippen molar-refractivity contribution in [2.45, 2.75) is 63.9 Å².